The van der Waals surface area contributed by atoms with Crippen molar-refractivity contribution in [1.82, 2.24) is 9.80 Å². The molecule has 0 saturated carbocycles. The number of hydrogen-bond acceptors (Lipinski definition) is 4. The lowest BCUT2D eigenvalue weighted by Crippen LogP contribution is -2.50. The van der Waals surface area contributed by atoms with Crippen molar-refractivity contribution in [3.63, 3.8) is 0 Å². The van der Waals surface area contributed by atoms with Crippen molar-refractivity contribution in [2.45, 2.75) is 44.8 Å². The zero-order valence-corrected chi connectivity index (χ0v) is 12.2. The van der Waals surface area contributed by atoms with Crippen molar-refractivity contribution in [2.75, 3.05) is 27.2 Å². The predicted octanol–water partition coefficient (Wildman–Crippen LogP) is 0.449. The van der Waals surface area contributed by atoms with Crippen molar-refractivity contribution in [3.8, 4) is 0 Å². The second-order valence-electron chi connectivity index (χ2n) is 6.24. The topological polar surface area (TPSA) is 69.8 Å². The van der Waals surface area contributed by atoms with Gasteiger partial charge in [0, 0.05) is 25.2 Å². The Morgan fingerprint density at radius 1 is 1.56 bits per heavy atom. The summed E-state index contributed by atoms with van der Waals surface area (Å²) in [6.07, 6.45) is 0.481. The fourth-order valence-electron chi connectivity index (χ4n) is 2.85. The standard InChI is InChI=1S/C13H27N3O2/c1-9-7-16(8-11(9)15(4)5)10(2)6-13(3,14)12(17)18/h9-11H,6-8,14H2,1-5H3,(H,17,18). The molecule has 0 radical (unpaired) electrons. The van der Waals surface area contributed by atoms with Crippen LogP contribution >= 0.6 is 0 Å². The minimum Gasteiger partial charge on any atom is -0.480 e. The van der Waals surface area contributed by atoms with Crippen molar-refractivity contribution < 1.29 is 9.90 Å². The van der Waals surface area contributed by atoms with Crippen LogP contribution < -0.4 is 5.73 Å². The first-order valence-electron chi connectivity index (χ1n) is 6.58. The normalized spacial score (nSPS) is 30.4. The SMILES string of the molecule is CC1CN(C(C)CC(C)(N)C(=O)O)CC1N(C)C. The van der Waals surface area contributed by atoms with E-state index in [0.717, 1.165) is 13.1 Å². The number of aliphatic carboxylic acids is 1. The monoisotopic (exact) mass is 257 g/mol. The zero-order chi connectivity index (χ0) is 14.1. The largest absolute Gasteiger partial charge is 0.480 e. The Labute approximate surface area is 110 Å². The minimum absolute atomic E-state index is 0.198. The van der Waals surface area contributed by atoms with Crippen LogP contribution in [0.1, 0.15) is 27.2 Å². The summed E-state index contributed by atoms with van der Waals surface area (Å²) in [5.74, 6) is -0.318. The molecule has 0 bridgehead atoms. The van der Waals surface area contributed by atoms with Crippen LogP contribution in [0, 0.1) is 5.92 Å². The van der Waals surface area contributed by atoms with Crippen LogP contribution in [-0.4, -0.2) is 65.7 Å². The number of carboxylic acid groups (broad SMARTS) is 1. The van der Waals surface area contributed by atoms with E-state index >= 15 is 0 Å². The second kappa shape index (κ2) is 5.55. The molecule has 1 fully saturated rings. The van der Waals surface area contributed by atoms with Gasteiger partial charge in [-0.2, -0.15) is 0 Å². The number of carbonyl (C=O) groups is 1. The number of likely N-dealkylation sites (tertiary alicyclic amines) is 1. The third-order valence-corrected chi connectivity index (χ3v) is 4.10. The highest BCUT2D eigenvalue weighted by Gasteiger charge is 2.37. The lowest BCUT2D eigenvalue weighted by Gasteiger charge is -2.30. The molecule has 0 spiro atoms. The Morgan fingerprint density at radius 3 is 2.50 bits per heavy atom. The molecular weight excluding hydrogens is 230 g/mol. The van der Waals surface area contributed by atoms with Gasteiger partial charge in [-0.25, -0.2) is 0 Å². The quantitative estimate of drug-likeness (QED) is 0.748. The molecule has 0 aromatic rings. The number of rotatable bonds is 5. The lowest BCUT2D eigenvalue weighted by atomic mass is 9.94. The van der Waals surface area contributed by atoms with E-state index in [9.17, 15) is 4.79 Å². The van der Waals surface area contributed by atoms with Gasteiger partial charge in [0.25, 0.3) is 0 Å². The van der Waals surface area contributed by atoms with Gasteiger partial charge in [-0.3, -0.25) is 9.69 Å². The van der Waals surface area contributed by atoms with E-state index in [1.165, 1.54) is 0 Å². The summed E-state index contributed by atoms with van der Waals surface area (Å²) >= 11 is 0. The molecule has 4 atom stereocenters. The molecule has 1 aliphatic heterocycles. The van der Waals surface area contributed by atoms with E-state index in [1.54, 1.807) is 6.92 Å². The van der Waals surface area contributed by atoms with Crippen molar-refractivity contribution >= 4 is 5.97 Å². The van der Waals surface area contributed by atoms with E-state index in [1.807, 2.05) is 0 Å². The summed E-state index contributed by atoms with van der Waals surface area (Å²) < 4.78 is 0. The molecule has 4 unspecified atom stereocenters. The Kier molecular flexibility index (Phi) is 4.75. The molecule has 106 valence electrons. The van der Waals surface area contributed by atoms with Crippen LogP contribution in [0.25, 0.3) is 0 Å². The zero-order valence-electron chi connectivity index (χ0n) is 12.2. The first-order chi connectivity index (χ1) is 8.15. The molecule has 5 heteroatoms. The van der Waals surface area contributed by atoms with Crippen LogP contribution in [0.15, 0.2) is 0 Å². The van der Waals surface area contributed by atoms with Crippen LogP contribution in [0.3, 0.4) is 0 Å². The summed E-state index contributed by atoms with van der Waals surface area (Å²) in [6.45, 7) is 7.91. The molecule has 0 aliphatic carbocycles. The molecule has 18 heavy (non-hydrogen) atoms. The smallest absolute Gasteiger partial charge is 0.323 e. The maximum Gasteiger partial charge on any atom is 0.323 e. The molecule has 3 N–H and O–H groups in total. The Hall–Kier alpha value is -0.650. The Balaban J connectivity index is 2.60. The van der Waals surface area contributed by atoms with E-state index in [0.29, 0.717) is 18.4 Å². The average molecular weight is 257 g/mol. The van der Waals surface area contributed by atoms with Crippen LogP contribution in [-0.2, 0) is 4.79 Å². The van der Waals surface area contributed by atoms with Gasteiger partial charge in [0.2, 0.25) is 0 Å². The third kappa shape index (κ3) is 3.43. The van der Waals surface area contributed by atoms with Gasteiger partial charge in [-0.15, -0.1) is 0 Å². The fraction of sp³-hybridized carbons (Fsp3) is 0.923. The number of carboxylic acids is 1. The van der Waals surface area contributed by atoms with Crippen LogP contribution in [0.5, 0.6) is 0 Å². The molecule has 1 aliphatic rings. The van der Waals surface area contributed by atoms with Crippen LogP contribution in [0.4, 0.5) is 0 Å². The molecule has 0 aromatic carbocycles. The van der Waals surface area contributed by atoms with E-state index in [4.69, 9.17) is 10.8 Å². The number of nitrogens with zero attached hydrogens (tertiary/aromatic N) is 2. The maximum atomic E-state index is 11.1. The predicted molar refractivity (Wildman–Crippen MR) is 72.5 cm³/mol. The Bertz CT molecular complexity index is 305. The number of likely N-dealkylation sites (N-methyl/N-ethyl adjacent to an activating group) is 1. The summed E-state index contributed by atoms with van der Waals surface area (Å²) in [4.78, 5) is 15.7. The van der Waals surface area contributed by atoms with Crippen molar-refractivity contribution in [2.24, 2.45) is 11.7 Å². The van der Waals surface area contributed by atoms with Gasteiger partial charge in [0.15, 0.2) is 0 Å². The van der Waals surface area contributed by atoms with E-state index < -0.39 is 11.5 Å². The number of hydrogen-bond donors (Lipinski definition) is 2. The van der Waals surface area contributed by atoms with E-state index in [-0.39, 0.29) is 6.04 Å². The average Bonchev–Trinajstić information content (AvgIpc) is 2.59. The Morgan fingerprint density at radius 2 is 2.11 bits per heavy atom. The molecule has 0 aromatic heterocycles. The molecule has 5 nitrogen and oxygen atoms in total. The summed E-state index contributed by atoms with van der Waals surface area (Å²) in [5.41, 5.74) is 4.68. The lowest BCUT2D eigenvalue weighted by molar-refractivity contribution is -0.143. The summed E-state index contributed by atoms with van der Waals surface area (Å²) in [5, 5.41) is 9.07. The van der Waals surface area contributed by atoms with Gasteiger partial charge in [0.05, 0.1) is 0 Å². The highest BCUT2D eigenvalue weighted by atomic mass is 16.4. The summed E-state index contributed by atoms with van der Waals surface area (Å²) in [7, 11) is 4.19. The molecule has 0 amide bonds. The van der Waals surface area contributed by atoms with Crippen LogP contribution in [0.2, 0.25) is 0 Å². The van der Waals surface area contributed by atoms with Crippen molar-refractivity contribution in [1.29, 1.82) is 0 Å². The highest BCUT2D eigenvalue weighted by Crippen LogP contribution is 2.24. The second-order valence-corrected chi connectivity index (χ2v) is 6.24. The van der Waals surface area contributed by atoms with Gasteiger partial charge in [0.1, 0.15) is 5.54 Å². The van der Waals surface area contributed by atoms with Gasteiger partial charge < -0.3 is 15.7 Å². The molecular formula is C13H27N3O2. The van der Waals surface area contributed by atoms with E-state index in [2.05, 4.69) is 37.7 Å². The molecule has 1 heterocycles. The summed E-state index contributed by atoms with van der Waals surface area (Å²) in [6, 6.07) is 0.741. The van der Waals surface area contributed by atoms with Crippen molar-refractivity contribution in [3.05, 3.63) is 0 Å². The van der Waals surface area contributed by atoms with Gasteiger partial charge in [-0.05, 0) is 40.3 Å². The third-order valence-electron chi connectivity index (χ3n) is 4.10. The highest BCUT2D eigenvalue weighted by molar-refractivity contribution is 5.77. The maximum absolute atomic E-state index is 11.1. The molecule has 1 saturated heterocycles. The van der Waals surface area contributed by atoms with Gasteiger partial charge in [-0.1, -0.05) is 6.92 Å². The fourth-order valence-corrected chi connectivity index (χ4v) is 2.85. The molecule has 1 rings (SSSR count). The number of nitrogens with two attached hydrogens (primary N) is 1. The first-order valence-corrected chi connectivity index (χ1v) is 6.58. The first kappa shape index (κ1) is 15.4. The van der Waals surface area contributed by atoms with Gasteiger partial charge >= 0.3 is 5.97 Å². The minimum atomic E-state index is -1.14.